The zero-order valence-corrected chi connectivity index (χ0v) is 12.6. The molecule has 2 rings (SSSR count). The molecule has 0 amide bonds. The summed E-state index contributed by atoms with van der Waals surface area (Å²) in [6, 6.07) is 9.61. The van der Waals surface area contributed by atoms with Crippen molar-refractivity contribution < 1.29 is 0 Å². The molecule has 1 aromatic heterocycles. The molecule has 2 heteroatoms. The van der Waals surface area contributed by atoms with Crippen LogP contribution in [0.3, 0.4) is 0 Å². The number of thiophene rings is 1. The Hall–Kier alpha value is -0.860. The molecular weight excluding hydrogens is 238 g/mol. The van der Waals surface area contributed by atoms with Crippen LogP contribution >= 0.6 is 11.3 Å². The van der Waals surface area contributed by atoms with Crippen LogP contribution in [0.25, 0.3) is 10.1 Å². The zero-order valence-electron chi connectivity index (χ0n) is 11.8. The van der Waals surface area contributed by atoms with Gasteiger partial charge in [0.05, 0.1) is 0 Å². The molecule has 1 heterocycles. The summed E-state index contributed by atoms with van der Waals surface area (Å²) in [5.74, 6) is 0. The van der Waals surface area contributed by atoms with Crippen molar-refractivity contribution in [3.63, 3.8) is 0 Å². The highest BCUT2D eigenvalue weighted by Crippen LogP contribution is 2.34. The Bertz CT molecular complexity index is 517. The van der Waals surface area contributed by atoms with E-state index in [0.717, 1.165) is 13.0 Å². The van der Waals surface area contributed by atoms with E-state index < -0.39 is 0 Å². The third-order valence-electron chi connectivity index (χ3n) is 4.32. The molecule has 2 aromatic rings. The second kappa shape index (κ2) is 5.41. The molecule has 0 aliphatic heterocycles. The maximum atomic E-state index is 3.58. The predicted molar refractivity (Wildman–Crippen MR) is 82.6 cm³/mol. The lowest BCUT2D eigenvalue weighted by Crippen LogP contribution is -2.44. The van der Waals surface area contributed by atoms with Crippen molar-refractivity contribution in [1.29, 1.82) is 0 Å². The highest BCUT2D eigenvalue weighted by Gasteiger charge is 2.30. The summed E-state index contributed by atoms with van der Waals surface area (Å²) >= 11 is 1.83. The van der Waals surface area contributed by atoms with Crippen LogP contribution in [0.4, 0.5) is 0 Å². The van der Waals surface area contributed by atoms with Gasteiger partial charge < -0.3 is 5.32 Å². The van der Waals surface area contributed by atoms with E-state index in [1.165, 1.54) is 15.6 Å². The zero-order chi connectivity index (χ0) is 13.2. The molecule has 0 radical (unpaired) electrons. The summed E-state index contributed by atoms with van der Waals surface area (Å²) in [5.41, 5.74) is 1.65. The third-order valence-corrected chi connectivity index (χ3v) is 5.20. The minimum absolute atomic E-state index is 0.203. The maximum absolute atomic E-state index is 3.58. The SMILES string of the molecule is CCNC(C)C(C)(CC)c1ccc2ccsc2c1. The third kappa shape index (κ3) is 2.32. The van der Waals surface area contributed by atoms with Gasteiger partial charge in [-0.05, 0) is 48.4 Å². The van der Waals surface area contributed by atoms with Crippen molar-refractivity contribution in [2.24, 2.45) is 0 Å². The van der Waals surface area contributed by atoms with Crippen molar-refractivity contribution >= 4 is 21.4 Å². The first-order chi connectivity index (χ1) is 8.61. The largest absolute Gasteiger partial charge is 0.314 e. The molecule has 0 spiro atoms. The number of fused-ring (bicyclic) bond motifs is 1. The van der Waals surface area contributed by atoms with Crippen LogP contribution in [0.2, 0.25) is 0 Å². The normalized spacial score (nSPS) is 16.7. The number of benzene rings is 1. The Balaban J connectivity index is 2.41. The summed E-state index contributed by atoms with van der Waals surface area (Å²) in [7, 11) is 0. The molecular formula is C16H23NS. The van der Waals surface area contributed by atoms with Gasteiger partial charge in [-0.2, -0.15) is 0 Å². The lowest BCUT2D eigenvalue weighted by atomic mass is 9.74. The van der Waals surface area contributed by atoms with E-state index in [1.54, 1.807) is 0 Å². The Morgan fingerprint density at radius 1 is 1.28 bits per heavy atom. The van der Waals surface area contributed by atoms with Crippen LogP contribution < -0.4 is 5.32 Å². The van der Waals surface area contributed by atoms with Crippen LogP contribution in [0, 0.1) is 0 Å². The molecule has 0 aliphatic carbocycles. The van der Waals surface area contributed by atoms with Crippen LogP contribution in [-0.4, -0.2) is 12.6 Å². The Morgan fingerprint density at radius 3 is 2.72 bits per heavy atom. The summed E-state index contributed by atoms with van der Waals surface area (Å²) in [6.07, 6.45) is 1.15. The van der Waals surface area contributed by atoms with E-state index in [-0.39, 0.29) is 5.41 Å². The molecule has 0 bridgehead atoms. The van der Waals surface area contributed by atoms with E-state index >= 15 is 0 Å². The molecule has 0 aliphatic rings. The quantitative estimate of drug-likeness (QED) is 0.831. The van der Waals surface area contributed by atoms with Gasteiger partial charge in [-0.1, -0.05) is 32.9 Å². The Labute approximate surface area is 114 Å². The van der Waals surface area contributed by atoms with E-state index in [9.17, 15) is 0 Å². The summed E-state index contributed by atoms with van der Waals surface area (Å²) in [6.45, 7) is 10.2. The molecule has 1 nitrogen and oxygen atoms in total. The second-order valence-corrected chi connectivity index (χ2v) is 6.17. The minimum atomic E-state index is 0.203. The fourth-order valence-corrected chi connectivity index (χ4v) is 3.43. The number of rotatable bonds is 5. The van der Waals surface area contributed by atoms with Crippen molar-refractivity contribution in [3.05, 3.63) is 35.2 Å². The van der Waals surface area contributed by atoms with Gasteiger partial charge in [-0.3, -0.25) is 0 Å². The Kier molecular flexibility index (Phi) is 4.08. The van der Waals surface area contributed by atoms with Crippen molar-refractivity contribution in [2.75, 3.05) is 6.54 Å². The fraction of sp³-hybridized carbons (Fsp3) is 0.500. The molecule has 0 fully saturated rings. The summed E-state index contributed by atoms with van der Waals surface area (Å²) < 4.78 is 1.40. The van der Waals surface area contributed by atoms with Gasteiger partial charge in [0.1, 0.15) is 0 Å². The molecule has 98 valence electrons. The average Bonchev–Trinajstić information content (AvgIpc) is 2.85. The highest BCUT2D eigenvalue weighted by atomic mass is 32.1. The van der Waals surface area contributed by atoms with Crippen LogP contribution in [-0.2, 0) is 5.41 Å². The molecule has 0 saturated heterocycles. The molecule has 0 saturated carbocycles. The molecule has 2 atom stereocenters. The molecule has 1 aromatic carbocycles. The van der Waals surface area contributed by atoms with E-state index in [0.29, 0.717) is 6.04 Å². The topological polar surface area (TPSA) is 12.0 Å². The number of hydrogen-bond acceptors (Lipinski definition) is 2. The molecule has 1 N–H and O–H groups in total. The standard InChI is InChI=1S/C16H23NS/c1-5-16(4,12(3)17-6-2)14-8-7-13-9-10-18-15(13)11-14/h7-12,17H,5-6H2,1-4H3. The predicted octanol–water partition coefficient (Wildman–Crippen LogP) is 4.57. The number of hydrogen-bond donors (Lipinski definition) is 1. The van der Waals surface area contributed by atoms with Gasteiger partial charge in [0.15, 0.2) is 0 Å². The second-order valence-electron chi connectivity index (χ2n) is 5.22. The van der Waals surface area contributed by atoms with Crippen LogP contribution in [0.15, 0.2) is 29.6 Å². The number of nitrogens with one attached hydrogen (secondary N) is 1. The van der Waals surface area contributed by atoms with E-state index in [4.69, 9.17) is 0 Å². The first-order valence-electron chi connectivity index (χ1n) is 6.83. The Morgan fingerprint density at radius 2 is 2.06 bits per heavy atom. The van der Waals surface area contributed by atoms with Crippen molar-refractivity contribution in [1.82, 2.24) is 5.32 Å². The van der Waals surface area contributed by atoms with Gasteiger partial charge in [0, 0.05) is 16.2 Å². The van der Waals surface area contributed by atoms with Gasteiger partial charge >= 0.3 is 0 Å². The van der Waals surface area contributed by atoms with Gasteiger partial charge in [0.2, 0.25) is 0 Å². The number of likely N-dealkylation sites (N-methyl/N-ethyl adjacent to an activating group) is 1. The van der Waals surface area contributed by atoms with Gasteiger partial charge in [-0.25, -0.2) is 0 Å². The van der Waals surface area contributed by atoms with Gasteiger partial charge in [-0.15, -0.1) is 11.3 Å². The van der Waals surface area contributed by atoms with E-state index in [1.807, 2.05) is 11.3 Å². The minimum Gasteiger partial charge on any atom is -0.314 e. The molecule has 2 unspecified atom stereocenters. The van der Waals surface area contributed by atoms with Crippen LogP contribution in [0.1, 0.15) is 39.7 Å². The average molecular weight is 261 g/mol. The maximum Gasteiger partial charge on any atom is 0.0345 e. The van der Waals surface area contributed by atoms with Crippen molar-refractivity contribution in [2.45, 2.75) is 45.6 Å². The molecule has 18 heavy (non-hydrogen) atoms. The lowest BCUT2D eigenvalue weighted by Gasteiger charge is -2.36. The first kappa shape index (κ1) is 13.6. The van der Waals surface area contributed by atoms with E-state index in [2.05, 4.69) is 62.7 Å². The fourth-order valence-electron chi connectivity index (χ4n) is 2.60. The van der Waals surface area contributed by atoms with Gasteiger partial charge in [0.25, 0.3) is 0 Å². The highest BCUT2D eigenvalue weighted by molar-refractivity contribution is 7.17. The summed E-state index contributed by atoms with van der Waals surface area (Å²) in [5, 5.41) is 7.11. The smallest absolute Gasteiger partial charge is 0.0345 e. The van der Waals surface area contributed by atoms with Crippen molar-refractivity contribution in [3.8, 4) is 0 Å². The monoisotopic (exact) mass is 261 g/mol. The summed E-state index contributed by atoms with van der Waals surface area (Å²) in [4.78, 5) is 0. The van der Waals surface area contributed by atoms with Crippen LogP contribution in [0.5, 0.6) is 0 Å². The lowest BCUT2D eigenvalue weighted by molar-refractivity contribution is 0.329. The first-order valence-corrected chi connectivity index (χ1v) is 7.71.